The normalized spacial score (nSPS) is 12.9. The lowest BCUT2D eigenvalue weighted by Gasteiger charge is -2.20. The Labute approximate surface area is 98.8 Å². The molecule has 0 saturated carbocycles. The van der Waals surface area contributed by atoms with Gasteiger partial charge in [-0.15, -0.1) is 0 Å². The van der Waals surface area contributed by atoms with E-state index in [-0.39, 0.29) is 6.04 Å². The Morgan fingerprint density at radius 2 is 1.88 bits per heavy atom. The lowest BCUT2D eigenvalue weighted by molar-refractivity contribution is 0.396. The summed E-state index contributed by atoms with van der Waals surface area (Å²) in [4.78, 5) is 0. The Morgan fingerprint density at radius 3 is 2.38 bits per heavy atom. The van der Waals surface area contributed by atoms with Gasteiger partial charge in [0.05, 0.1) is 7.11 Å². The maximum absolute atomic E-state index is 6.21. The van der Waals surface area contributed by atoms with Crippen LogP contribution in [0.5, 0.6) is 5.75 Å². The number of nitrogens with two attached hydrogens (primary N) is 1. The van der Waals surface area contributed by atoms with E-state index in [1.807, 2.05) is 0 Å². The molecule has 1 atom stereocenters. The van der Waals surface area contributed by atoms with E-state index in [4.69, 9.17) is 10.5 Å². The van der Waals surface area contributed by atoms with Gasteiger partial charge in [0.2, 0.25) is 0 Å². The van der Waals surface area contributed by atoms with Crippen LogP contribution in [0.1, 0.15) is 43.0 Å². The van der Waals surface area contributed by atoms with Crippen molar-refractivity contribution in [3.05, 3.63) is 28.8 Å². The van der Waals surface area contributed by atoms with E-state index in [9.17, 15) is 0 Å². The van der Waals surface area contributed by atoms with E-state index in [1.165, 1.54) is 11.1 Å². The van der Waals surface area contributed by atoms with E-state index >= 15 is 0 Å². The molecule has 0 saturated heterocycles. The lowest BCUT2D eigenvalue weighted by Crippen LogP contribution is -2.14. The quantitative estimate of drug-likeness (QED) is 0.846. The van der Waals surface area contributed by atoms with Crippen molar-refractivity contribution in [3.8, 4) is 5.75 Å². The molecule has 2 nitrogen and oxygen atoms in total. The summed E-state index contributed by atoms with van der Waals surface area (Å²) in [5.41, 5.74) is 9.78. The molecule has 0 fully saturated rings. The molecule has 0 radical (unpaired) electrons. The Morgan fingerprint density at radius 1 is 1.25 bits per heavy atom. The summed E-state index contributed by atoms with van der Waals surface area (Å²) in [5, 5.41) is 0. The fourth-order valence-corrected chi connectivity index (χ4v) is 2.01. The van der Waals surface area contributed by atoms with E-state index in [0.29, 0.717) is 5.92 Å². The molecule has 0 aliphatic rings. The molecule has 0 heterocycles. The zero-order valence-corrected chi connectivity index (χ0v) is 11.0. The van der Waals surface area contributed by atoms with Crippen molar-refractivity contribution in [1.29, 1.82) is 0 Å². The molecular weight excluding hydrogens is 198 g/mol. The largest absolute Gasteiger partial charge is 0.496 e. The third kappa shape index (κ3) is 2.76. The number of ether oxygens (including phenoxy) is 1. The van der Waals surface area contributed by atoms with Crippen LogP contribution < -0.4 is 10.5 Å². The van der Waals surface area contributed by atoms with Crippen molar-refractivity contribution in [3.63, 3.8) is 0 Å². The highest BCUT2D eigenvalue weighted by Gasteiger charge is 2.15. The summed E-state index contributed by atoms with van der Waals surface area (Å²) >= 11 is 0. The minimum absolute atomic E-state index is 0.0641. The summed E-state index contributed by atoms with van der Waals surface area (Å²) in [5.74, 6) is 1.55. The number of benzene rings is 1. The van der Waals surface area contributed by atoms with Gasteiger partial charge in [-0.3, -0.25) is 0 Å². The molecule has 2 N–H and O–H groups in total. The van der Waals surface area contributed by atoms with Crippen LogP contribution in [-0.4, -0.2) is 7.11 Å². The molecule has 1 aromatic carbocycles. The Balaban J connectivity index is 3.08. The summed E-state index contributed by atoms with van der Waals surface area (Å²) in [6.45, 7) is 8.55. The average Bonchev–Trinajstić information content (AvgIpc) is 2.20. The van der Waals surface area contributed by atoms with Gasteiger partial charge in [0, 0.05) is 11.6 Å². The third-order valence-corrected chi connectivity index (χ3v) is 3.04. The molecule has 1 rings (SSSR count). The topological polar surface area (TPSA) is 35.2 Å². The zero-order chi connectivity index (χ0) is 12.3. The number of rotatable bonds is 4. The minimum Gasteiger partial charge on any atom is -0.496 e. The van der Waals surface area contributed by atoms with Crippen LogP contribution in [0.15, 0.2) is 12.1 Å². The van der Waals surface area contributed by atoms with Gasteiger partial charge in [0.1, 0.15) is 5.75 Å². The summed E-state index contributed by atoms with van der Waals surface area (Å²) in [7, 11) is 1.72. The first-order chi connectivity index (χ1) is 7.47. The predicted octanol–water partition coefficient (Wildman–Crippen LogP) is 3.36. The van der Waals surface area contributed by atoms with Crippen molar-refractivity contribution < 1.29 is 4.74 Å². The fourth-order valence-electron chi connectivity index (χ4n) is 2.01. The number of hydrogen-bond acceptors (Lipinski definition) is 2. The number of hydrogen-bond donors (Lipinski definition) is 1. The first kappa shape index (κ1) is 13.0. The molecule has 0 bridgehead atoms. The van der Waals surface area contributed by atoms with Crippen molar-refractivity contribution in [2.45, 2.75) is 40.2 Å². The molecule has 0 aromatic heterocycles. The molecule has 0 aliphatic heterocycles. The predicted molar refractivity (Wildman–Crippen MR) is 68.9 cm³/mol. The van der Waals surface area contributed by atoms with Crippen LogP contribution >= 0.6 is 0 Å². The van der Waals surface area contributed by atoms with Gasteiger partial charge in [-0.05, 0) is 37.3 Å². The molecule has 16 heavy (non-hydrogen) atoms. The molecule has 0 aliphatic carbocycles. The van der Waals surface area contributed by atoms with Crippen LogP contribution in [0.4, 0.5) is 0 Å². The highest BCUT2D eigenvalue weighted by molar-refractivity contribution is 5.46. The van der Waals surface area contributed by atoms with Gasteiger partial charge in [0.15, 0.2) is 0 Å². The van der Waals surface area contributed by atoms with E-state index in [2.05, 4.69) is 39.8 Å². The molecule has 90 valence electrons. The second-order valence-electron chi connectivity index (χ2n) is 4.87. The van der Waals surface area contributed by atoms with Gasteiger partial charge < -0.3 is 10.5 Å². The third-order valence-electron chi connectivity index (χ3n) is 3.04. The van der Waals surface area contributed by atoms with E-state index in [0.717, 1.165) is 17.7 Å². The van der Waals surface area contributed by atoms with Gasteiger partial charge >= 0.3 is 0 Å². The molecule has 0 spiro atoms. The van der Waals surface area contributed by atoms with Gasteiger partial charge in [0.25, 0.3) is 0 Å². The van der Waals surface area contributed by atoms with Crippen molar-refractivity contribution in [2.75, 3.05) is 7.11 Å². The van der Waals surface area contributed by atoms with Crippen molar-refractivity contribution in [1.82, 2.24) is 0 Å². The Hall–Kier alpha value is -1.02. The number of methoxy groups -OCH3 is 1. The monoisotopic (exact) mass is 221 g/mol. The molecule has 1 unspecified atom stereocenters. The summed E-state index contributed by atoms with van der Waals surface area (Å²) in [6, 6.07) is 4.27. The second kappa shape index (κ2) is 5.35. The van der Waals surface area contributed by atoms with Crippen LogP contribution in [0, 0.1) is 19.8 Å². The van der Waals surface area contributed by atoms with Crippen LogP contribution in [0.2, 0.25) is 0 Å². The molecule has 0 amide bonds. The molecule has 2 heteroatoms. The van der Waals surface area contributed by atoms with Gasteiger partial charge in [-0.2, -0.15) is 0 Å². The SMILES string of the molecule is COc1c(C(N)CC(C)C)ccc(C)c1C. The summed E-state index contributed by atoms with van der Waals surface area (Å²) < 4.78 is 5.48. The summed E-state index contributed by atoms with van der Waals surface area (Å²) in [6.07, 6.45) is 0.985. The average molecular weight is 221 g/mol. The first-order valence-electron chi connectivity index (χ1n) is 5.87. The Kier molecular flexibility index (Phi) is 4.36. The minimum atomic E-state index is 0.0641. The standard InChI is InChI=1S/C14H23NO/c1-9(2)8-13(15)12-7-6-10(3)11(4)14(12)16-5/h6-7,9,13H,8,15H2,1-5H3. The molecule has 1 aromatic rings. The Bertz CT molecular complexity index is 358. The maximum atomic E-state index is 6.21. The highest BCUT2D eigenvalue weighted by atomic mass is 16.5. The van der Waals surface area contributed by atoms with Crippen LogP contribution in [0.25, 0.3) is 0 Å². The maximum Gasteiger partial charge on any atom is 0.126 e. The van der Waals surface area contributed by atoms with E-state index in [1.54, 1.807) is 7.11 Å². The van der Waals surface area contributed by atoms with Crippen LogP contribution in [0.3, 0.4) is 0 Å². The van der Waals surface area contributed by atoms with Gasteiger partial charge in [-0.25, -0.2) is 0 Å². The highest BCUT2D eigenvalue weighted by Crippen LogP contribution is 2.32. The fraction of sp³-hybridized carbons (Fsp3) is 0.571. The first-order valence-corrected chi connectivity index (χ1v) is 5.87. The zero-order valence-electron chi connectivity index (χ0n) is 11.0. The van der Waals surface area contributed by atoms with Gasteiger partial charge in [-0.1, -0.05) is 26.0 Å². The molecular formula is C14H23NO. The smallest absolute Gasteiger partial charge is 0.126 e. The van der Waals surface area contributed by atoms with Crippen LogP contribution in [-0.2, 0) is 0 Å². The lowest BCUT2D eigenvalue weighted by atomic mass is 9.94. The van der Waals surface area contributed by atoms with E-state index < -0.39 is 0 Å². The van der Waals surface area contributed by atoms with Crippen molar-refractivity contribution >= 4 is 0 Å². The second-order valence-corrected chi connectivity index (χ2v) is 4.87. The number of aryl methyl sites for hydroxylation is 1. The van der Waals surface area contributed by atoms with Crippen molar-refractivity contribution in [2.24, 2.45) is 11.7 Å².